The second kappa shape index (κ2) is 10.5. The molecule has 0 heterocycles. The molecule has 1 atom stereocenters. The SMILES string of the molecule is C=Cc1c(F)cc(OC(F)(F)c2c(F)cc(-c3ccc(-c4ccc5c(c4)CC(CC)C5)cc3F)cc2F)cc1F. The van der Waals surface area contributed by atoms with Crippen molar-refractivity contribution in [3.63, 3.8) is 0 Å². The third kappa shape index (κ3) is 5.10. The van der Waals surface area contributed by atoms with Gasteiger partial charge >= 0.3 is 6.11 Å². The Morgan fingerprint density at radius 2 is 1.32 bits per heavy atom. The maximum atomic E-state index is 15.1. The van der Waals surface area contributed by atoms with Gasteiger partial charge in [-0.15, -0.1) is 0 Å². The highest BCUT2D eigenvalue weighted by Crippen LogP contribution is 2.39. The molecule has 8 heteroatoms. The molecule has 1 aliphatic carbocycles. The largest absolute Gasteiger partial charge is 0.432 e. The predicted octanol–water partition coefficient (Wildman–Crippen LogP) is 9.61. The van der Waals surface area contributed by atoms with E-state index in [1.807, 2.05) is 18.2 Å². The van der Waals surface area contributed by atoms with Crippen LogP contribution < -0.4 is 4.74 Å². The topological polar surface area (TPSA) is 9.23 Å². The lowest BCUT2D eigenvalue weighted by atomic mass is 9.96. The Morgan fingerprint density at radius 3 is 1.93 bits per heavy atom. The first-order valence-electron chi connectivity index (χ1n) is 12.6. The molecular formula is C32H23F7O. The van der Waals surface area contributed by atoms with Crippen molar-refractivity contribution in [3.05, 3.63) is 119 Å². The third-order valence-electron chi connectivity index (χ3n) is 7.25. The zero-order valence-corrected chi connectivity index (χ0v) is 21.3. The Morgan fingerprint density at radius 1 is 0.750 bits per heavy atom. The quantitative estimate of drug-likeness (QED) is 0.206. The zero-order valence-electron chi connectivity index (χ0n) is 21.3. The Balaban J connectivity index is 1.43. The summed E-state index contributed by atoms with van der Waals surface area (Å²) >= 11 is 0. The summed E-state index contributed by atoms with van der Waals surface area (Å²) in [5.41, 5.74) is 0.946. The molecule has 0 spiro atoms. The van der Waals surface area contributed by atoms with Crippen LogP contribution in [0.1, 0.15) is 35.6 Å². The van der Waals surface area contributed by atoms with Crippen molar-refractivity contribution in [2.45, 2.75) is 32.3 Å². The number of hydrogen-bond acceptors (Lipinski definition) is 1. The fraction of sp³-hybridized carbons (Fsp3) is 0.188. The Kier molecular flexibility index (Phi) is 7.21. The summed E-state index contributed by atoms with van der Waals surface area (Å²) in [5, 5.41) is 0. The molecule has 40 heavy (non-hydrogen) atoms. The van der Waals surface area contributed by atoms with Crippen molar-refractivity contribution in [1.29, 1.82) is 0 Å². The maximum Gasteiger partial charge on any atom is 0.432 e. The molecule has 0 aromatic heterocycles. The number of benzene rings is 4. The fourth-order valence-corrected chi connectivity index (χ4v) is 5.13. The molecule has 0 saturated heterocycles. The van der Waals surface area contributed by atoms with E-state index in [0.717, 1.165) is 30.9 Å². The number of ether oxygens (including phenoxy) is 1. The highest BCUT2D eigenvalue weighted by Gasteiger charge is 2.41. The van der Waals surface area contributed by atoms with Crippen molar-refractivity contribution >= 4 is 6.08 Å². The van der Waals surface area contributed by atoms with E-state index in [1.165, 1.54) is 23.3 Å². The summed E-state index contributed by atoms with van der Waals surface area (Å²) in [6, 6.07) is 12.0. The van der Waals surface area contributed by atoms with Crippen LogP contribution in [0.3, 0.4) is 0 Å². The van der Waals surface area contributed by atoms with Gasteiger partial charge in [-0.1, -0.05) is 56.3 Å². The lowest BCUT2D eigenvalue weighted by molar-refractivity contribution is -0.189. The summed E-state index contributed by atoms with van der Waals surface area (Å²) in [5.74, 6) is -7.16. The molecule has 1 nitrogen and oxygen atoms in total. The van der Waals surface area contributed by atoms with Gasteiger partial charge in [0.05, 0.1) is 0 Å². The van der Waals surface area contributed by atoms with E-state index in [2.05, 4.69) is 18.2 Å². The first-order chi connectivity index (χ1) is 19.0. The molecule has 0 radical (unpaired) electrons. The van der Waals surface area contributed by atoms with Gasteiger partial charge in [-0.2, -0.15) is 8.78 Å². The second-order valence-corrected chi connectivity index (χ2v) is 9.80. The van der Waals surface area contributed by atoms with Crippen LogP contribution in [0.5, 0.6) is 5.75 Å². The average molecular weight is 557 g/mol. The van der Waals surface area contributed by atoms with Crippen LogP contribution in [-0.2, 0) is 19.0 Å². The van der Waals surface area contributed by atoms with Gasteiger partial charge in [0.15, 0.2) is 0 Å². The average Bonchev–Trinajstić information content (AvgIpc) is 3.30. The van der Waals surface area contributed by atoms with Crippen LogP contribution in [0, 0.1) is 35.0 Å². The van der Waals surface area contributed by atoms with E-state index < -0.39 is 52.1 Å². The van der Waals surface area contributed by atoms with Crippen molar-refractivity contribution < 1.29 is 35.5 Å². The Bertz CT molecular complexity index is 1580. The number of hydrogen-bond donors (Lipinski definition) is 0. The van der Waals surface area contributed by atoms with Crippen molar-refractivity contribution in [2.24, 2.45) is 5.92 Å². The normalized spacial score (nSPS) is 14.8. The van der Waals surface area contributed by atoms with Crippen LogP contribution in [0.25, 0.3) is 28.3 Å². The minimum atomic E-state index is -4.64. The van der Waals surface area contributed by atoms with Crippen LogP contribution in [0.2, 0.25) is 0 Å². The summed E-state index contributed by atoms with van der Waals surface area (Å²) in [6.07, 6.45) is -0.787. The lowest BCUT2D eigenvalue weighted by Gasteiger charge is -2.20. The summed E-state index contributed by atoms with van der Waals surface area (Å²) in [7, 11) is 0. The number of fused-ring (bicyclic) bond motifs is 1. The third-order valence-corrected chi connectivity index (χ3v) is 7.25. The molecule has 206 valence electrons. The molecule has 0 aliphatic heterocycles. The fourth-order valence-electron chi connectivity index (χ4n) is 5.13. The molecule has 0 amide bonds. The summed E-state index contributed by atoms with van der Waals surface area (Å²) < 4.78 is 107. The number of alkyl halides is 2. The lowest BCUT2D eigenvalue weighted by Crippen LogP contribution is -2.25. The molecule has 0 fully saturated rings. The van der Waals surface area contributed by atoms with Gasteiger partial charge < -0.3 is 4.74 Å². The molecule has 0 saturated carbocycles. The molecule has 4 aromatic rings. The number of halogens is 7. The first-order valence-corrected chi connectivity index (χ1v) is 12.6. The van der Waals surface area contributed by atoms with Crippen molar-refractivity contribution in [1.82, 2.24) is 0 Å². The molecule has 4 aromatic carbocycles. The summed E-state index contributed by atoms with van der Waals surface area (Å²) in [6.45, 7) is 5.35. The smallest absolute Gasteiger partial charge is 0.429 e. The maximum absolute atomic E-state index is 15.1. The van der Waals surface area contributed by atoms with Crippen LogP contribution in [-0.4, -0.2) is 0 Å². The van der Waals surface area contributed by atoms with Gasteiger partial charge in [-0.05, 0) is 64.8 Å². The van der Waals surface area contributed by atoms with E-state index >= 15 is 4.39 Å². The molecular weight excluding hydrogens is 533 g/mol. The van der Waals surface area contributed by atoms with E-state index in [0.29, 0.717) is 35.7 Å². The first kappa shape index (κ1) is 27.5. The van der Waals surface area contributed by atoms with Gasteiger partial charge in [0.2, 0.25) is 0 Å². The van der Waals surface area contributed by atoms with E-state index in [-0.39, 0.29) is 11.1 Å². The van der Waals surface area contributed by atoms with Gasteiger partial charge in [0.25, 0.3) is 0 Å². The molecule has 1 aliphatic rings. The van der Waals surface area contributed by atoms with Crippen LogP contribution >= 0.6 is 0 Å². The van der Waals surface area contributed by atoms with Crippen molar-refractivity contribution in [3.8, 4) is 28.0 Å². The Hall–Kier alpha value is -4.07. The molecule has 1 unspecified atom stereocenters. The van der Waals surface area contributed by atoms with Gasteiger partial charge in [0, 0.05) is 23.3 Å². The predicted molar refractivity (Wildman–Crippen MR) is 139 cm³/mol. The van der Waals surface area contributed by atoms with E-state index in [1.54, 1.807) is 6.07 Å². The van der Waals surface area contributed by atoms with Crippen LogP contribution in [0.4, 0.5) is 30.7 Å². The van der Waals surface area contributed by atoms with Crippen LogP contribution in [0.15, 0.2) is 67.2 Å². The minimum absolute atomic E-state index is 0.200. The zero-order chi connectivity index (χ0) is 28.8. The minimum Gasteiger partial charge on any atom is -0.429 e. The highest BCUT2D eigenvalue weighted by molar-refractivity contribution is 5.72. The van der Waals surface area contributed by atoms with Crippen molar-refractivity contribution in [2.75, 3.05) is 0 Å². The molecule has 0 bridgehead atoms. The van der Waals surface area contributed by atoms with Gasteiger partial charge in [-0.3, -0.25) is 0 Å². The van der Waals surface area contributed by atoms with Gasteiger partial charge in [-0.25, -0.2) is 22.0 Å². The second-order valence-electron chi connectivity index (χ2n) is 9.80. The number of rotatable bonds is 7. The summed E-state index contributed by atoms with van der Waals surface area (Å²) in [4.78, 5) is 0. The molecule has 0 N–H and O–H groups in total. The monoisotopic (exact) mass is 556 g/mol. The van der Waals surface area contributed by atoms with E-state index in [4.69, 9.17) is 0 Å². The molecule has 5 rings (SSSR count). The standard InChI is InChI=1S/C32H23F7O/c1-3-17-9-18-5-6-19(11-21(18)10-17)20-7-8-25(26(33)12-20)22-13-29(36)31(30(37)14-22)32(38,39)40-23-15-27(34)24(4-2)28(35)16-23/h4-8,11-17H,2-3,9-10H2,1H3. The van der Waals surface area contributed by atoms with Gasteiger partial charge in [0.1, 0.15) is 40.4 Å². The Labute approximate surface area is 226 Å². The highest BCUT2D eigenvalue weighted by atomic mass is 19.3. The van der Waals surface area contributed by atoms with E-state index in [9.17, 15) is 26.3 Å².